The zero-order valence-electron chi connectivity index (χ0n) is 15.6. The van der Waals surface area contributed by atoms with Gasteiger partial charge in [0.1, 0.15) is 5.75 Å². The molecule has 0 aliphatic heterocycles. The fourth-order valence-electron chi connectivity index (χ4n) is 2.81. The van der Waals surface area contributed by atoms with Crippen LogP contribution in [0.4, 0.5) is 0 Å². The predicted molar refractivity (Wildman–Crippen MR) is 102 cm³/mol. The Balaban J connectivity index is 1.46. The fourth-order valence-corrected chi connectivity index (χ4v) is 2.81. The van der Waals surface area contributed by atoms with Crippen LogP contribution in [0.1, 0.15) is 23.4 Å². The summed E-state index contributed by atoms with van der Waals surface area (Å²) in [6.45, 7) is 2.57. The molecule has 0 aliphatic rings. The fraction of sp³-hybridized carbons (Fsp3) is 0.286. The molecule has 1 N–H and O–H groups in total. The molecule has 6 nitrogen and oxygen atoms in total. The van der Waals surface area contributed by atoms with Gasteiger partial charge in [-0.2, -0.15) is 4.98 Å². The van der Waals surface area contributed by atoms with Gasteiger partial charge in [0.05, 0.1) is 7.11 Å². The maximum atomic E-state index is 12.1. The number of methoxy groups -OCH3 is 1. The first-order valence-corrected chi connectivity index (χ1v) is 8.94. The summed E-state index contributed by atoms with van der Waals surface area (Å²) in [5, 5.41) is 6.91. The van der Waals surface area contributed by atoms with Gasteiger partial charge in [-0.05, 0) is 31.0 Å². The SMILES string of the molecule is COc1ccccc1CCNC(=O)CCc1nc(-c2cccc(C)c2)no1. The zero-order valence-corrected chi connectivity index (χ0v) is 15.6. The van der Waals surface area contributed by atoms with Gasteiger partial charge >= 0.3 is 0 Å². The number of aryl methyl sites for hydroxylation is 2. The van der Waals surface area contributed by atoms with Crippen LogP contribution in [0, 0.1) is 6.92 Å². The minimum Gasteiger partial charge on any atom is -0.496 e. The number of hydrogen-bond acceptors (Lipinski definition) is 5. The van der Waals surface area contributed by atoms with Crippen molar-refractivity contribution in [2.75, 3.05) is 13.7 Å². The van der Waals surface area contributed by atoms with Gasteiger partial charge in [-0.25, -0.2) is 0 Å². The minimum atomic E-state index is -0.0415. The largest absolute Gasteiger partial charge is 0.496 e. The van der Waals surface area contributed by atoms with E-state index in [0.717, 1.165) is 22.4 Å². The Morgan fingerprint density at radius 3 is 2.81 bits per heavy atom. The van der Waals surface area contributed by atoms with Crippen LogP contribution >= 0.6 is 0 Å². The van der Waals surface area contributed by atoms with Gasteiger partial charge in [0, 0.05) is 24.9 Å². The molecule has 1 aromatic heterocycles. The number of aromatic nitrogens is 2. The standard InChI is InChI=1S/C21H23N3O3/c1-15-6-5-8-17(14-15)21-23-20(27-24-21)11-10-19(25)22-13-12-16-7-3-4-9-18(16)26-2/h3-9,14H,10-13H2,1-2H3,(H,22,25). The van der Waals surface area contributed by atoms with Crippen molar-refractivity contribution >= 4 is 5.91 Å². The number of benzene rings is 2. The van der Waals surface area contributed by atoms with Gasteiger partial charge in [-0.3, -0.25) is 4.79 Å². The van der Waals surface area contributed by atoms with E-state index in [1.807, 2.05) is 55.5 Å². The number of carbonyl (C=O) groups is 1. The van der Waals surface area contributed by atoms with E-state index in [2.05, 4.69) is 15.5 Å². The molecule has 1 heterocycles. The first-order chi connectivity index (χ1) is 13.2. The average Bonchev–Trinajstić information content (AvgIpc) is 3.16. The number of nitrogens with one attached hydrogen (secondary N) is 1. The molecule has 140 valence electrons. The van der Waals surface area contributed by atoms with Crippen molar-refractivity contribution in [2.24, 2.45) is 0 Å². The number of amides is 1. The molecule has 0 saturated heterocycles. The van der Waals surface area contributed by atoms with Crippen molar-refractivity contribution < 1.29 is 14.1 Å². The van der Waals surface area contributed by atoms with Gasteiger partial charge in [-0.15, -0.1) is 0 Å². The molecule has 0 unspecified atom stereocenters. The van der Waals surface area contributed by atoms with E-state index in [0.29, 0.717) is 37.5 Å². The normalized spacial score (nSPS) is 10.6. The number of carbonyl (C=O) groups excluding carboxylic acids is 1. The highest BCUT2D eigenvalue weighted by Crippen LogP contribution is 2.18. The summed E-state index contributed by atoms with van der Waals surface area (Å²) in [6.07, 6.45) is 1.44. The second-order valence-corrected chi connectivity index (χ2v) is 6.29. The summed E-state index contributed by atoms with van der Waals surface area (Å²) in [7, 11) is 1.65. The Kier molecular flexibility index (Phi) is 6.20. The van der Waals surface area contributed by atoms with E-state index in [-0.39, 0.29) is 5.91 Å². The lowest BCUT2D eigenvalue weighted by atomic mass is 10.1. The van der Waals surface area contributed by atoms with Crippen LogP contribution in [0.2, 0.25) is 0 Å². The summed E-state index contributed by atoms with van der Waals surface area (Å²) < 4.78 is 10.6. The molecular weight excluding hydrogens is 342 g/mol. The highest BCUT2D eigenvalue weighted by atomic mass is 16.5. The maximum absolute atomic E-state index is 12.1. The minimum absolute atomic E-state index is 0.0415. The molecule has 2 aromatic carbocycles. The van der Waals surface area contributed by atoms with Gasteiger partial charge in [0.25, 0.3) is 0 Å². The Bertz CT molecular complexity index is 905. The molecule has 0 bridgehead atoms. The van der Waals surface area contributed by atoms with E-state index in [1.54, 1.807) is 7.11 Å². The van der Waals surface area contributed by atoms with Crippen LogP contribution in [0.3, 0.4) is 0 Å². The molecule has 0 aliphatic carbocycles. The van der Waals surface area contributed by atoms with E-state index < -0.39 is 0 Å². The lowest BCUT2D eigenvalue weighted by Gasteiger charge is -2.08. The van der Waals surface area contributed by atoms with Gasteiger partial charge < -0.3 is 14.6 Å². The van der Waals surface area contributed by atoms with E-state index in [9.17, 15) is 4.79 Å². The van der Waals surface area contributed by atoms with Crippen LogP contribution in [0.25, 0.3) is 11.4 Å². The van der Waals surface area contributed by atoms with Crippen molar-refractivity contribution in [3.8, 4) is 17.1 Å². The summed E-state index contributed by atoms with van der Waals surface area (Å²) in [5.74, 6) is 1.80. The number of nitrogens with zero attached hydrogens (tertiary/aromatic N) is 2. The average molecular weight is 365 g/mol. The van der Waals surface area contributed by atoms with Gasteiger partial charge in [-0.1, -0.05) is 47.1 Å². The first-order valence-electron chi connectivity index (χ1n) is 8.94. The second-order valence-electron chi connectivity index (χ2n) is 6.29. The lowest BCUT2D eigenvalue weighted by molar-refractivity contribution is -0.121. The first kappa shape index (κ1) is 18.6. The summed E-state index contributed by atoms with van der Waals surface area (Å²) in [5.41, 5.74) is 3.11. The van der Waals surface area contributed by atoms with Crippen molar-refractivity contribution in [3.05, 3.63) is 65.5 Å². The van der Waals surface area contributed by atoms with E-state index in [4.69, 9.17) is 9.26 Å². The summed E-state index contributed by atoms with van der Waals surface area (Å²) in [4.78, 5) is 16.4. The third-order valence-electron chi connectivity index (χ3n) is 4.22. The summed E-state index contributed by atoms with van der Waals surface area (Å²) >= 11 is 0. The van der Waals surface area contributed by atoms with Crippen molar-refractivity contribution in [1.29, 1.82) is 0 Å². The lowest BCUT2D eigenvalue weighted by Crippen LogP contribution is -2.26. The van der Waals surface area contributed by atoms with Crippen LogP contribution in [-0.2, 0) is 17.6 Å². The number of para-hydroxylation sites is 1. The molecule has 6 heteroatoms. The number of hydrogen-bond donors (Lipinski definition) is 1. The van der Waals surface area contributed by atoms with Crippen molar-refractivity contribution in [3.63, 3.8) is 0 Å². The molecule has 1 amide bonds. The highest BCUT2D eigenvalue weighted by Gasteiger charge is 2.11. The van der Waals surface area contributed by atoms with Crippen LogP contribution in [0.5, 0.6) is 5.75 Å². The molecule has 0 radical (unpaired) electrons. The van der Waals surface area contributed by atoms with Crippen LogP contribution in [0.15, 0.2) is 53.1 Å². The molecule has 3 rings (SSSR count). The Labute approximate surface area is 158 Å². The maximum Gasteiger partial charge on any atom is 0.227 e. The quantitative estimate of drug-likeness (QED) is 0.662. The molecule has 3 aromatic rings. The topological polar surface area (TPSA) is 77.2 Å². The van der Waals surface area contributed by atoms with Gasteiger partial charge in [0.15, 0.2) is 0 Å². The molecule has 0 fully saturated rings. The summed E-state index contributed by atoms with van der Waals surface area (Å²) in [6, 6.07) is 15.7. The molecule has 0 atom stereocenters. The van der Waals surface area contributed by atoms with Crippen molar-refractivity contribution in [2.45, 2.75) is 26.2 Å². The molecule has 0 saturated carbocycles. The monoisotopic (exact) mass is 365 g/mol. The van der Waals surface area contributed by atoms with E-state index in [1.165, 1.54) is 0 Å². The van der Waals surface area contributed by atoms with Gasteiger partial charge in [0.2, 0.25) is 17.6 Å². The molecule has 0 spiro atoms. The van der Waals surface area contributed by atoms with Crippen LogP contribution in [-0.4, -0.2) is 29.7 Å². The Morgan fingerprint density at radius 2 is 2.00 bits per heavy atom. The van der Waals surface area contributed by atoms with E-state index >= 15 is 0 Å². The highest BCUT2D eigenvalue weighted by molar-refractivity contribution is 5.76. The smallest absolute Gasteiger partial charge is 0.227 e. The second kappa shape index (κ2) is 8.98. The number of rotatable bonds is 8. The third-order valence-corrected chi connectivity index (χ3v) is 4.22. The third kappa shape index (κ3) is 5.17. The Morgan fingerprint density at radius 1 is 1.15 bits per heavy atom. The Hall–Kier alpha value is -3.15. The molecule has 27 heavy (non-hydrogen) atoms. The number of ether oxygens (including phenoxy) is 1. The zero-order chi connectivity index (χ0) is 19.1. The predicted octanol–water partition coefficient (Wildman–Crippen LogP) is 3.35. The van der Waals surface area contributed by atoms with Crippen molar-refractivity contribution in [1.82, 2.24) is 15.5 Å². The molecular formula is C21H23N3O3. The van der Waals surface area contributed by atoms with Crippen LogP contribution < -0.4 is 10.1 Å².